The van der Waals surface area contributed by atoms with E-state index in [0.29, 0.717) is 16.6 Å². The minimum absolute atomic E-state index is 0.248. The number of nitrogens with zero attached hydrogens (tertiary/aromatic N) is 2. The third-order valence-electron chi connectivity index (χ3n) is 2.02. The van der Waals surface area contributed by atoms with E-state index in [0.717, 1.165) is 4.88 Å². The lowest BCUT2D eigenvalue weighted by molar-refractivity contribution is 0.100. The zero-order chi connectivity index (χ0) is 12.4. The molecule has 0 aromatic carbocycles. The Balaban J connectivity index is 2.35. The summed E-state index contributed by atoms with van der Waals surface area (Å²) in [6, 6.07) is 1.48. The second kappa shape index (κ2) is 4.38. The first-order valence-electron chi connectivity index (χ1n) is 4.81. The molecule has 5 N–H and O–H groups in total. The average Bonchev–Trinajstić information content (AvgIpc) is 2.66. The highest BCUT2D eigenvalue weighted by atomic mass is 32.1. The SMILES string of the molecule is Cc1cnc(Nc2ncc(N)cc2C(N)=O)s1. The number of hydrogen-bond acceptors (Lipinski definition) is 6. The summed E-state index contributed by atoms with van der Waals surface area (Å²) < 4.78 is 0. The summed E-state index contributed by atoms with van der Waals surface area (Å²) in [6.45, 7) is 1.94. The highest BCUT2D eigenvalue weighted by molar-refractivity contribution is 7.15. The van der Waals surface area contributed by atoms with E-state index < -0.39 is 5.91 Å². The summed E-state index contributed by atoms with van der Waals surface area (Å²) >= 11 is 1.46. The number of primary amides is 1. The molecule has 6 nitrogen and oxygen atoms in total. The molecule has 0 bridgehead atoms. The summed E-state index contributed by atoms with van der Waals surface area (Å²) in [7, 11) is 0. The van der Waals surface area contributed by atoms with Crippen LogP contribution in [0.4, 0.5) is 16.6 Å². The molecule has 0 fully saturated rings. The molecule has 0 atom stereocenters. The van der Waals surface area contributed by atoms with Crippen LogP contribution < -0.4 is 16.8 Å². The molecule has 2 heterocycles. The van der Waals surface area contributed by atoms with Crippen LogP contribution in [0.25, 0.3) is 0 Å². The molecule has 0 unspecified atom stereocenters. The Morgan fingerprint density at radius 3 is 2.76 bits per heavy atom. The molecule has 17 heavy (non-hydrogen) atoms. The molecule has 7 heteroatoms. The van der Waals surface area contributed by atoms with Crippen LogP contribution in [0.1, 0.15) is 15.2 Å². The number of anilines is 3. The third kappa shape index (κ3) is 2.51. The Bertz CT molecular complexity index is 566. The van der Waals surface area contributed by atoms with Crippen LogP contribution in [0.15, 0.2) is 18.5 Å². The van der Waals surface area contributed by atoms with Crippen LogP contribution in [0.5, 0.6) is 0 Å². The van der Waals surface area contributed by atoms with Crippen molar-refractivity contribution in [1.82, 2.24) is 9.97 Å². The van der Waals surface area contributed by atoms with E-state index in [1.807, 2.05) is 6.92 Å². The predicted octanol–water partition coefficient (Wildman–Crippen LogP) is 1.27. The van der Waals surface area contributed by atoms with Crippen molar-refractivity contribution < 1.29 is 4.79 Å². The van der Waals surface area contributed by atoms with E-state index in [-0.39, 0.29) is 5.56 Å². The number of pyridine rings is 1. The number of nitrogens with two attached hydrogens (primary N) is 2. The van der Waals surface area contributed by atoms with Gasteiger partial charge < -0.3 is 16.8 Å². The van der Waals surface area contributed by atoms with Crippen molar-refractivity contribution >= 4 is 33.9 Å². The van der Waals surface area contributed by atoms with Gasteiger partial charge in [-0.2, -0.15) is 0 Å². The molecule has 2 aromatic heterocycles. The van der Waals surface area contributed by atoms with Crippen LogP contribution in [0.2, 0.25) is 0 Å². The monoisotopic (exact) mass is 249 g/mol. The summed E-state index contributed by atoms with van der Waals surface area (Å²) in [4.78, 5) is 20.4. The second-order valence-electron chi connectivity index (χ2n) is 3.43. The van der Waals surface area contributed by atoms with E-state index in [2.05, 4.69) is 15.3 Å². The van der Waals surface area contributed by atoms with Gasteiger partial charge in [0.2, 0.25) is 0 Å². The maximum Gasteiger partial charge on any atom is 0.252 e. The van der Waals surface area contributed by atoms with E-state index in [9.17, 15) is 4.79 Å². The number of carbonyl (C=O) groups is 1. The molecular weight excluding hydrogens is 238 g/mol. The number of thiazole rings is 1. The Hall–Kier alpha value is -2.15. The first-order chi connectivity index (χ1) is 8.06. The number of nitrogen functional groups attached to an aromatic ring is 1. The van der Waals surface area contributed by atoms with Gasteiger partial charge in [0.05, 0.1) is 17.4 Å². The van der Waals surface area contributed by atoms with Crippen LogP contribution in [-0.2, 0) is 0 Å². The van der Waals surface area contributed by atoms with Gasteiger partial charge in [-0.15, -0.1) is 11.3 Å². The summed E-state index contributed by atoms with van der Waals surface area (Å²) in [5.74, 6) is -0.221. The first kappa shape index (κ1) is 11.3. The van der Waals surface area contributed by atoms with Crippen molar-refractivity contribution in [2.75, 3.05) is 11.1 Å². The Morgan fingerprint density at radius 1 is 1.41 bits per heavy atom. The van der Waals surface area contributed by atoms with Crippen LogP contribution >= 0.6 is 11.3 Å². The zero-order valence-electron chi connectivity index (χ0n) is 9.10. The maximum absolute atomic E-state index is 11.2. The van der Waals surface area contributed by atoms with Gasteiger partial charge in [-0.05, 0) is 13.0 Å². The van der Waals surface area contributed by atoms with Crippen molar-refractivity contribution in [3.8, 4) is 0 Å². The van der Waals surface area contributed by atoms with Crippen LogP contribution in [0, 0.1) is 6.92 Å². The van der Waals surface area contributed by atoms with Gasteiger partial charge in [-0.25, -0.2) is 9.97 Å². The standard InChI is InChI=1S/C10H11N5OS/c1-5-3-14-10(17-5)15-9-7(8(12)16)2-6(11)4-13-9/h2-4H,11H2,1H3,(H2,12,16)(H,13,14,15). The molecule has 1 amide bonds. The number of aromatic nitrogens is 2. The molecule has 0 aliphatic heterocycles. The highest BCUT2D eigenvalue weighted by Crippen LogP contribution is 2.23. The molecule has 0 aliphatic rings. The topological polar surface area (TPSA) is 107 Å². The number of rotatable bonds is 3. The normalized spacial score (nSPS) is 10.2. The molecule has 0 radical (unpaired) electrons. The predicted molar refractivity (Wildman–Crippen MR) is 67.3 cm³/mol. The molecule has 0 spiro atoms. The van der Waals surface area contributed by atoms with Gasteiger partial charge in [-0.1, -0.05) is 0 Å². The zero-order valence-corrected chi connectivity index (χ0v) is 9.91. The van der Waals surface area contributed by atoms with Crippen molar-refractivity contribution in [2.45, 2.75) is 6.92 Å². The van der Waals surface area contributed by atoms with Gasteiger partial charge in [-0.3, -0.25) is 4.79 Å². The van der Waals surface area contributed by atoms with Crippen molar-refractivity contribution in [3.63, 3.8) is 0 Å². The molecule has 0 saturated heterocycles. The summed E-state index contributed by atoms with van der Waals surface area (Å²) in [5.41, 5.74) is 11.4. The number of amides is 1. The fraction of sp³-hybridized carbons (Fsp3) is 0.100. The lowest BCUT2D eigenvalue weighted by atomic mass is 10.2. The second-order valence-corrected chi connectivity index (χ2v) is 4.66. The van der Waals surface area contributed by atoms with Gasteiger partial charge in [0.15, 0.2) is 5.13 Å². The van der Waals surface area contributed by atoms with E-state index in [1.165, 1.54) is 23.6 Å². The van der Waals surface area contributed by atoms with Crippen molar-refractivity contribution in [1.29, 1.82) is 0 Å². The van der Waals surface area contributed by atoms with Gasteiger partial charge in [0.1, 0.15) is 5.82 Å². The molecule has 2 aromatic rings. The van der Waals surface area contributed by atoms with Crippen LogP contribution in [0.3, 0.4) is 0 Å². The smallest absolute Gasteiger partial charge is 0.252 e. The van der Waals surface area contributed by atoms with Gasteiger partial charge >= 0.3 is 0 Å². The molecule has 0 saturated carbocycles. The van der Waals surface area contributed by atoms with E-state index >= 15 is 0 Å². The van der Waals surface area contributed by atoms with Crippen molar-refractivity contribution in [2.24, 2.45) is 5.73 Å². The summed E-state index contributed by atoms with van der Waals surface area (Å²) in [5, 5.41) is 3.60. The van der Waals surface area contributed by atoms with E-state index in [4.69, 9.17) is 11.5 Å². The molecule has 88 valence electrons. The Kier molecular flexibility index (Phi) is 2.92. The number of carbonyl (C=O) groups excluding carboxylic acids is 1. The van der Waals surface area contributed by atoms with Gasteiger partial charge in [0.25, 0.3) is 5.91 Å². The molecule has 0 aliphatic carbocycles. The minimum Gasteiger partial charge on any atom is -0.397 e. The number of aryl methyl sites for hydroxylation is 1. The van der Waals surface area contributed by atoms with E-state index in [1.54, 1.807) is 6.20 Å². The molecule has 2 rings (SSSR count). The molecular formula is C10H11N5OS. The minimum atomic E-state index is -0.583. The quantitative estimate of drug-likeness (QED) is 0.759. The Morgan fingerprint density at radius 2 is 2.18 bits per heavy atom. The average molecular weight is 249 g/mol. The first-order valence-corrected chi connectivity index (χ1v) is 5.62. The highest BCUT2D eigenvalue weighted by Gasteiger charge is 2.11. The van der Waals surface area contributed by atoms with Crippen LogP contribution in [-0.4, -0.2) is 15.9 Å². The number of nitrogens with one attached hydrogen (secondary N) is 1. The lowest BCUT2D eigenvalue weighted by Gasteiger charge is -2.06. The van der Waals surface area contributed by atoms with Gasteiger partial charge in [0, 0.05) is 11.1 Å². The maximum atomic E-state index is 11.2. The summed E-state index contributed by atoms with van der Waals surface area (Å²) in [6.07, 6.45) is 3.18. The fourth-order valence-electron chi connectivity index (χ4n) is 1.28. The lowest BCUT2D eigenvalue weighted by Crippen LogP contribution is -2.14. The largest absolute Gasteiger partial charge is 0.397 e. The van der Waals surface area contributed by atoms with Crippen molar-refractivity contribution in [3.05, 3.63) is 28.9 Å². The Labute approximate surface area is 102 Å². The number of hydrogen-bond donors (Lipinski definition) is 3. The fourth-order valence-corrected chi connectivity index (χ4v) is 1.95. The third-order valence-corrected chi connectivity index (χ3v) is 2.85.